The minimum atomic E-state index is -3.97. The zero-order valence-electron chi connectivity index (χ0n) is 15.5. The molecule has 0 amide bonds. The summed E-state index contributed by atoms with van der Waals surface area (Å²) in [7, 11) is -7.85. The van der Waals surface area contributed by atoms with E-state index in [0.29, 0.717) is 17.5 Å². The molecule has 1 aliphatic heterocycles. The standard InChI is InChI=1S/C21H20N2O4S2/c22-13-19-21(28(24,25)17-8-2-1-3-9-17)20-16(12-15-6-5-11-23-14-15)7-4-10-18(20)29(19,26)27/h1-11,14,19,21H,12-13,22H2. The van der Waals surface area contributed by atoms with E-state index in [-0.39, 0.29) is 16.3 Å². The topological polar surface area (TPSA) is 107 Å². The first-order valence-electron chi connectivity index (χ1n) is 9.11. The summed E-state index contributed by atoms with van der Waals surface area (Å²) in [5, 5.41) is -2.47. The van der Waals surface area contributed by atoms with Gasteiger partial charge in [0.2, 0.25) is 0 Å². The molecule has 2 unspecified atom stereocenters. The molecule has 3 aromatic rings. The van der Waals surface area contributed by atoms with E-state index in [2.05, 4.69) is 4.98 Å². The van der Waals surface area contributed by atoms with Gasteiger partial charge in [-0.25, -0.2) is 16.8 Å². The van der Waals surface area contributed by atoms with Gasteiger partial charge in [0.05, 0.1) is 15.0 Å². The largest absolute Gasteiger partial charge is 0.329 e. The molecule has 6 nitrogen and oxygen atoms in total. The van der Waals surface area contributed by atoms with E-state index >= 15 is 0 Å². The molecule has 8 heteroatoms. The van der Waals surface area contributed by atoms with Crippen LogP contribution in [-0.2, 0) is 26.1 Å². The lowest BCUT2D eigenvalue weighted by Crippen LogP contribution is -2.34. The summed E-state index contributed by atoms with van der Waals surface area (Å²) < 4.78 is 53.4. The van der Waals surface area contributed by atoms with Gasteiger partial charge in [0, 0.05) is 18.9 Å². The molecule has 150 valence electrons. The van der Waals surface area contributed by atoms with Gasteiger partial charge >= 0.3 is 0 Å². The third-order valence-electron chi connectivity index (χ3n) is 5.24. The first kappa shape index (κ1) is 19.8. The molecule has 1 aliphatic rings. The molecule has 2 heterocycles. The van der Waals surface area contributed by atoms with Crippen LogP contribution in [0.4, 0.5) is 0 Å². The predicted octanol–water partition coefficient (Wildman–Crippen LogP) is 2.30. The van der Waals surface area contributed by atoms with Crippen molar-refractivity contribution >= 4 is 19.7 Å². The van der Waals surface area contributed by atoms with Crippen LogP contribution in [0.2, 0.25) is 0 Å². The maximum Gasteiger partial charge on any atom is 0.186 e. The number of hydrogen-bond acceptors (Lipinski definition) is 6. The predicted molar refractivity (Wildman–Crippen MR) is 110 cm³/mol. The average Bonchev–Trinajstić information content (AvgIpc) is 2.97. The van der Waals surface area contributed by atoms with E-state index < -0.39 is 30.2 Å². The smallest absolute Gasteiger partial charge is 0.186 e. The Balaban J connectivity index is 1.95. The fourth-order valence-corrected chi connectivity index (χ4v) is 8.67. The van der Waals surface area contributed by atoms with Crippen LogP contribution in [-0.4, -0.2) is 33.6 Å². The molecule has 2 aromatic carbocycles. The molecule has 0 fully saturated rings. The molecule has 29 heavy (non-hydrogen) atoms. The van der Waals surface area contributed by atoms with Gasteiger partial charge in [0.1, 0.15) is 5.25 Å². The number of nitrogens with two attached hydrogens (primary N) is 1. The summed E-state index contributed by atoms with van der Waals surface area (Å²) in [5.74, 6) is 0. The van der Waals surface area contributed by atoms with Gasteiger partial charge in [-0.1, -0.05) is 36.4 Å². The minimum absolute atomic E-state index is 0.0545. The Bertz CT molecular complexity index is 1240. The van der Waals surface area contributed by atoms with Gasteiger partial charge in [-0.3, -0.25) is 4.98 Å². The lowest BCUT2D eigenvalue weighted by atomic mass is 9.97. The Morgan fingerprint density at radius 3 is 2.38 bits per heavy atom. The van der Waals surface area contributed by atoms with E-state index in [1.165, 1.54) is 18.2 Å². The average molecular weight is 429 g/mol. The van der Waals surface area contributed by atoms with Crippen LogP contribution in [0.25, 0.3) is 0 Å². The van der Waals surface area contributed by atoms with Gasteiger partial charge < -0.3 is 5.73 Å². The second-order valence-electron chi connectivity index (χ2n) is 6.96. The lowest BCUT2D eigenvalue weighted by molar-refractivity contribution is 0.564. The lowest BCUT2D eigenvalue weighted by Gasteiger charge is -2.20. The normalized spacial score (nSPS) is 20.3. The van der Waals surface area contributed by atoms with Crippen LogP contribution in [0.15, 0.2) is 82.8 Å². The summed E-state index contributed by atoms with van der Waals surface area (Å²) >= 11 is 0. The van der Waals surface area contributed by atoms with Crippen LogP contribution < -0.4 is 5.73 Å². The van der Waals surface area contributed by atoms with Crippen molar-refractivity contribution in [2.24, 2.45) is 5.73 Å². The first-order valence-corrected chi connectivity index (χ1v) is 12.2. The Hall–Kier alpha value is -2.55. The Kier molecular flexibility index (Phi) is 5.02. The number of nitrogens with zero attached hydrogens (tertiary/aromatic N) is 1. The fourth-order valence-electron chi connectivity index (χ4n) is 3.91. The summed E-state index contributed by atoms with van der Waals surface area (Å²) in [6.07, 6.45) is 3.71. The van der Waals surface area contributed by atoms with Crippen LogP contribution in [0, 0.1) is 0 Å². The van der Waals surface area contributed by atoms with E-state index in [0.717, 1.165) is 5.56 Å². The van der Waals surface area contributed by atoms with Gasteiger partial charge in [0.15, 0.2) is 19.7 Å². The van der Waals surface area contributed by atoms with Crippen molar-refractivity contribution in [3.8, 4) is 0 Å². The maximum absolute atomic E-state index is 13.5. The van der Waals surface area contributed by atoms with Crippen LogP contribution in [0.5, 0.6) is 0 Å². The van der Waals surface area contributed by atoms with E-state index in [1.807, 2.05) is 6.07 Å². The highest BCUT2D eigenvalue weighted by Gasteiger charge is 2.51. The molecule has 0 spiro atoms. The fraction of sp³-hybridized carbons (Fsp3) is 0.190. The molecule has 0 aliphatic carbocycles. The van der Waals surface area contributed by atoms with Gasteiger partial charge in [-0.2, -0.15) is 0 Å². The van der Waals surface area contributed by atoms with Crippen molar-refractivity contribution in [2.75, 3.05) is 6.54 Å². The first-order chi connectivity index (χ1) is 13.9. The number of benzene rings is 2. The zero-order valence-corrected chi connectivity index (χ0v) is 17.1. The molecule has 4 rings (SSSR count). The number of fused-ring (bicyclic) bond motifs is 1. The van der Waals surface area contributed by atoms with Crippen molar-refractivity contribution in [2.45, 2.75) is 26.7 Å². The van der Waals surface area contributed by atoms with E-state index in [1.54, 1.807) is 48.8 Å². The van der Waals surface area contributed by atoms with Crippen molar-refractivity contribution in [3.63, 3.8) is 0 Å². The van der Waals surface area contributed by atoms with Crippen LogP contribution in [0.3, 0.4) is 0 Å². The number of rotatable bonds is 5. The summed E-state index contributed by atoms with van der Waals surface area (Å²) in [6.45, 7) is -0.278. The van der Waals surface area contributed by atoms with Crippen molar-refractivity contribution in [1.82, 2.24) is 4.98 Å². The molecular weight excluding hydrogens is 408 g/mol. The molecule has 0 saturated heterocycles. The highest BCUT2D eigenvalue weighted by molar-refractivity contribution is 7.96. The second kappa shape index (κ2) is 7.37. The van der Waals surface area contributed by atoms with Gasteiger partial charge in [-0.05, 0) is 47.4 Å². The second-order valence-corrected chi connectivity index (χ2v) is 11.2. The van der Waals surface area contributed by atoms with Crippen LogP contribution in [0.1, 0.15) is 21.9 Å². The number of sulfone groups is 2. The third kappa shape index (κ3) is 3.27. The highest BCUT2D eigenvalue weighted by Crippen LogP contribution is 2.47. The molecule has 0 bridgehead atoms. The Morgan fingerprint density at radius 2 is 1.72 bits per heavy atom. The molecule has 2 atom stereocenters. The van der Waals surface area contributed by atoms with Crippen molar-refractivity contribution in [3.05, 3.63) is 89.7 Å². The number of pyridine rings is 1. The van der Waals surface area contributed by atoms with Crippen molar-refractivity contribution in [1.29, 1.82) is 0 Å². The van der Waals surface area contributed by atoms with E-state index in [9.17, 15) is 16.8 Å². The number of hydrogen-bond donors (Lipinski definition) is 1. The minimum Gasteiger partial charge on any atom is -0.329 e. The zero-order chi connectivity index (χ0) is 20.6. The Morgan fingerprint density at radius 1 is 0.966 bits per heavy atom. The Labute approximate surface area is 170 Å². The molecule has 0 radical (unpaired) electrons. The van der Waals surface area contributed by atoms with Crippen molar-refractivity contribution < 1.29 is 16.8 Å². The summed E-state index contributed by atoms with van der Waals surface area (Å²) in [4.78, 5) is 4.23. The highest BCUT2D eigenvalue weighted by atomic mass is 32.2. The molecule has 2 N–H and O–H groups in total. The SMILES string of the molecule is NCC1C(S(=O)(=O)c2ccccc2)c2c(Cc3cccnc3)cccc2S1(=O)=O. The summed E-state index contributed by atoms with van der Waals surface area (Å²) in [5.41, 5.74) is 7.65. The maximum atomic E-state index is 13.5. The summed E-state index contributed by atoms with van der Waals surface area (Å²) in [6, 6.07) is 16.5. The molecular formula is C21H20N2O4S2. The molecule has 0 saturated carbocycles. The van der Waals surface area contributed by atoms with Crippen LogP contribution >= 0.6 is 0 Å². The van der Waals surface area contributed by atoms with E-state index in [4.69, 9.17) is 5.73 Å². The molecule has 1 aromatic heterocycles. The van der Waals surface area contributed by atoms with Gasteiger partial charge in [0.25, 0.3) is 0 Å². The quantitative estimate of drug-likeness (QED) is 0.668. The third-order valence-corrected chi connectivity index (χ3v) is 9.80. The monoisotopic (exact) mass is 428 g/mol. The van der Waals surface area contributed by atoms with Gasteiger partial charge in [-0.15, -0.1) is 0 Å². The number of aromatic nitrogens is 1.